The number of carbonyl (C=O) groups is 2. The van der Waals surface area contributed by atoms with Crippen LogP contribution in [0.15, 0.2) is 29.4 Å². The molecule has 174 valence electrons. The van der Waals surface area contributed by atoms with Gasteiger partial charge in [-0.3, -0.25) is 14.5 Å². The van der Waals surface area contributed by atoms with Crippen LogP contribution in [0.1, 0.15) is 49.7 Å². The molecular formula is C25H36N4O3. The van der Waals surface area contributed by atoms with Gasteiger partial charge in [0.2, 0.25) is 5.91 Å². The average Bonchev–Trinajstić information content (AvgIpc) is 3.31. The summed E-state index contributed by atoms with van der Waals surface area (Å²) >= 11 is 0. The Morgan fingerprint density at radius 1 is 1.16 bits per heavy atom. The van der Waals surface area contributed by atoms with E-state index >= 15 is 0 Å². The summed E-state index contributed by atoms with van der Waals surface area (Å²) in [6, 6.07) is 8.60. The zero-order chi connectivity index (χ0) is 22.5. The molecule has 0 N–H and O–H groups in total. The topological polar surface area (TPSA) is 65.5 Å². The van der Waals surface area contributed by atoms with Gasteiger partial charge >= 0.3 is 0 Å². The van der Waals surface area contributed by atoms with E-state index in [4.69, 9.17) is 4.74 Å². The number of hydrogen-bond acceptors (Lipinski definition) is 5. The molecule has 0 bridgehead atoms. The lowest BCUT2D eigenvalue weighted by Gasteiger charge is -2.36. The first kappa shape index (κ1) is 22.9. The number of amides is 2. The highest BCUT2D eigenvalue weighted by atomic mass is 16.5. The quantitative estimate of drug-likeness (QED) is 0.654. The number of ether oxygens (including phenoxy) is 1. The number of carbonyl (C=O) groups excluding carboxylic acids is 2. The summed E-state index contributed by atoms with van der Waals surface area (Å²) in [5, 5.41) is 5.59. The Hall–Kier alpha value is -2.25. The van der Waals surface area contributed by atoms with Crippen molar-refractivity contribution >= 4 is 17.5 Å². The number of hydrazone groups is 1. The normalized spacial score (nSPS) is 22.8. The molecule has 4 rings (SSSR count). The Bertz CT molecular complexity index is 841. The zero-order valence-corrected chi connectivity index (χ0v) is 19.5. The van der Waals surface area contributed by atoms with Gasteiger partial charge in [-0.05, 0) is 62.7 Å². The van der Waals surface area contributed by atoms with Crippen molar-refractivity contribution in [2.45, 2.75) is 58.1 Å². The Morgan fingerprint density at radius 3 is 2.62 bits per heavy atom. The fourth-order valence-corrected chi connectivity index (χ4v) is 4.95. The van der Waals surface area contributed by atoms with Gasteiger partial charge in [0.1, 0.15) is 5.71 Å². The predicted octanol–water partition coefficient (Wildman–Crippen LogP) is 2.82. The summed E-state index contributed by atoms with van der Waals surface area (Å²) in [6.07, 6.45) is 5.14. The second-order valence-corrected chi connectivity index (χ2v) is 9.46. The van der Waals surface area contributed by atoms with Crippen LogP contribution in [-0.2, 0) is 20.9 Å². The maximum atomic E-state index is 13.3. The number of nitrogens with zero attached hydrogens (tertiary/aromatic N) is 4. The van der Waals surface area contributed by atoms with Crippen LogP contribution in [0.2, 0.25) is 0 Å². The lowest BCUT2D eigenvalue weighted by molar-refractivity contribution is -0.131. The molecule has 1 unspecified atom stereocenters. The van der Waals surface area contributed by atoms with Crippen molar-refractivity contribution in [2.24, 2.45) is 11.0 Å². The summed E-state index contributed by atoms with van der Waals surface area (Å²) in [7, 11) is 1.63. The number of piperidine rings is 1. The molecule has 7 heteroatoms. The summed E-state index contributed by atoms with van der Waals surface area (Å²) < 4.78 is 5.84. The molecule has 3 aliphatic heterocycles. The van der Waals surface area contributed by atoms with Crippen LogP contribution >= 0.6 is 0 Å². The van der Waals surface area contributed by atoms with E-state index in [-0.39, 0.29) is 17.9 Å². The molecule has 1 aromatic carbocycles. The van der Waals surface area contributed by atoms with Crippen LogP contribution < -0.4 is 0 Å². The number of benzene rings is 1. The van der Waals surface area contributed by atoms with Crippen molar-refractivity contribution in [1.29, 1.82) is 0 Å². The molecule has 0 saturated carbocycles. The van der Waals surface area contributed by atoms with Gasteiger partial charge in [-0.2, -0.15) is 5.10 Å². The van der Waals surface area contributed by atoms with Gasteiger partial charge in [-0.25, -0.2) is 5.01 Å². The minimum absolute atomic E-state index is 0.0258. The molecule has 0 aromatic heterocycles. The van der Waals surface area contributed by atoms with E-state index < -0.39 is 0 Å². The molecule has 3 heterocycles. The molecule has 1 atom stereocenters. The molecule has 3 aliphatic rings. The number of hydrogen-bond donors (Lipinski definition) is 0. The molecule has 2 saturated heterocycles. The standard InChI is InChI=1S/C25H36N4O3/c1-19-6-3-4-7-21(19)17-28-13-11-20(12-14-28)16-29(18-22-8-5-15-32-22)25(31)23-9-10-24(30)27(2)26-23/h3-4,6-7,20,22H,5,8-18H2,1-2H3. The minimum Gasteiger partial charge on any atom is -0.376 e. The minimum atomic E-state index is -0.0340. The lowest BCUT2D eigenvalue weighted by Crippen LogP contribution is -2.47. The van der Waals surface area contributed by atoms with E-state index in [1.54, 1.807) is 7.05 Å². The summed E-state index contributed by atoms with van der Waals surface area (Å²) in [4.78, 5) is 29.6. The Balaban J connectivity index is 1.36. The highest BCUT2D eigenvalue weighted by Gasteiger charge is 2.31. The van der Waals surface area contributed by atoms with Crippen molar-refractivity contribution in [1.82, 2.24) is 14.8 Å². The van der Waals surface area contributed by atoms with E-state index in [0.717, 1.165) is 58.5 Å². The number of likely N-dealkylation sites (tertiary alicyclic amines) is 1. The summed E-state index contributed by atoms with van der Waals surface area (Å²) in [5.74, 6) is 0.424. The van der Waals surface area contributed by atoms with E-state index in [9.17, 15) is 9.59 Å². The van der Waals surface area contributed by atoms with E-state index in [1.807, 2.05) is 4.90 Å². The largest absolute Gasteiger partial charge is 0.376 e. The molecule has 2 amide bonds. The Kier molecular flexibility index (Phi) is 7.58. The highest BCUT2D eigenvalue weighted by molar-refractivity contribution is 6.39. The molecule has 0 radical (unpaired) electrons. The van der Waals surface area contributed by atoms with Gasteiger partial charge in [0.15, 0.2) is 0 Å². The van der Waals surface area contributed by atoms with Crippen LogP contribution in [0.25, 0.3) is 0 Å². The van der Waals surface area contributed by atoms with Gasteiger partial charge in [-0.15, -0.1) is 0 Å². The first-order valence-electron chi connectivity index (χ1n) is 12.0. The fraction of sp³-hybridized carbons (Fsp3) is 0.640. The second kappa shape index (κ2) is 10.6. The molecule has 7 nitrogen and oxygen atoms in total. The number of aryl methyl sites for hydroxylation is 1. The Labute approximate surface area is 191 Å². The molecule has 0 aliphatic carbocycles. The third-order valence-corrected chi connectivity index (χ3v) is 7.03. The van der Waals surface area contributed by atoms with Gasteiger partial charge in [0.05, 0.1) is 6.10 Å². The average molecular weight is 441 g/mol. The first-order valence-corrected chi connectivity index (χ1v) is 12.0. The highest BCUT2D eigenvalue weighted by Crippen LogP contribution is 2.23. The molecule has 1 aromatic rings. The smallest absolute Gasteiger partial charge is 0.270 e. The SMILES string of the molecule is Cc1ccccc1CN1CCC(CN(CC2CCCO2)C(=O)C2=NN(C)C(=O)CC2)CC1. The molecule has 0 spiro atoms. The van der Waals surface area contributed by atoms with Crippen molar-refractivity contribution in [2.75, 3.05) is 39.8 Å². The van der Waals surface area contributed by atoms with Crippen LogP contribution in [-0.4, -0.2) is 78.3 Å². The molecular weight excluding hydrogens is 404 g/mol. The maximum absolute atomic E-state index is 13.3. The Morgan fingerprint density at radius 2 is 1.94 bits per heavy atom. The van der Waals surface area contributed by atoms with E-state index in [1.165, 1.54) is 16.1 Å². The van der Waals surface area contributed by atoms with Crippen molar-refractivity contribution in [3.8, 4) is 0 Å². The first-order chi connectivity index (χ1) is 15.5. The van der Waals surface area contributed by atoms with Gasteiger partial charge < -0.3 is 9.64 Å². The second-order valence-electron chi connectivity index (χ2n) is 9.46. The van der Waals surface area contributed by atoms with Gasteiger partial charge in [-0.1, -0.05) is 24.3 Å². The fourth-order valence-electron chi connectivity index (χ4n) is 4.95. The van der Waals surface area contributed by atoms with Crippen LogP contribution in [0.5, 0.6) is 0 Å². The number of rotatable bonds is 7. The third-order valence-electron chi connectivity index (χ3n) is 7.03. The summed E-state index contributed by atoms with van der Waals surface area (Å²) in [6.45, 7) is 7.43. The lowest BCUT2D eigenvalue weighted by atomic mass is 9.95. The summed E-state index contributed by atoms with van der Waals surface area (Å²) in [5.41, 5.74) is 3.25. The maximum Gasteiger partial charge on any atom is 0.270 e. The van der Waals surface area contributed by atoms with Crippen LogP contribution in [0.3, 0.4) is 0 Å². The van der Waals surface area contributed by atoms with E-state index in [0.29, 0.717) is 31.0 Å². The molecule has 32 heavy (non-hydrogen) atoms. The van der Waals surface area contributed by atoms with Crippen LogP contribution in [0.4, 0.5) is 0 Å². The van der Waals surface area contributed by atoms with Crippen molar-refractivity contribution in [3.05, 3.63) is 35.4 Å². The third kappa shape index (κ3) is 5.75. The van der Waals surface area contributed by atoms with E-state index in [2.05, 4.69) is 41.2 Å². The predicted molar refractivity (Wildman–Crippen MR) is 124 cm³/mol. The van der Waals surface area contributed by atoms with Crippen molar-refractivity contribution < 1.29 is 14.3 Å². The molecule has 2 fully saturated rings. The van der Waals surface area contributed by atoms with Gasteiger partial charge in [0, 0.05) is 46.1 Å². The van der Waals surface area contributed by atoms with Crippen LogP contribution in [0, 0.1) is 12.8 Å². The van der Waals surface area contributed by atoms with Crippen molar-refractivity contribution in [3.63, 3.8) is 0 Å². The monoisotopic (exact) mass is 440 g/mol. The van der Waals surface area contributed by atoms with Gasteiger partial charge in [0.25, 0.3) is 5.91 Å². The zero-order valence-electron chi connectivity index (χ0n) is 19.5.